The number of likely N-dealkylation sites (tertiary alicyclic amines) is 1. The summed E-state index contributed by atoms with van der Waals surface area (Å²) in [6, 6.07) is 6.05. The highest BCUT2D eigenvalue weighted by Crippen LogP contribution is 2.29. The number of hydrogen-bond acceptors (Lipinski definition) is 4. The first-order valence-electron chi connectivity index (χ1n) is 10.4. The molecular weight excluding hydrogens is 352 g/mol. The van der Waals surface area contributed by atoms with E-state index >= 15 is 0 Å². The third-order valence-corrected chi connectivity index (χ3v) is 6.13. The summed E-state index contributed by atoms with van der Waals surface area (Å²) in [5.41, 5.74) is 2.57. The third-order valence-electron chi connectivity index (χ3n) is 6.13. The molecule has 7 nitrogen and oxygen atoms in total. The average molecular weight is 378 g/mol. The molecule has 28 heavy (non-hydrogen) atoms. The Morgan fingerprint density at radius 3 is 3.00 bits per heavy atom. The first-order chi connectivity index (χ1) is 13.7. The van der Waals surface area contributed by atoms with Crippen molar-refractivity contribution in [1.82, 2.24) is 29.9 Å². The molecule has 1 aromatic carbocycles. The zero-order valence-electron chi connectivity index (χ0n) is 16.3. The van der Waals surface area contributed by atoms with Crippen LogP contribution < -0.4 is 0 Å². The summed E-state index contributed by atoms with van der Waals surface area (Å²) >= 11 is 0. The molecule has 1 fully saturated rings. The normalized spacial score (nSPS) is 20.2. The van der Waals surface area contributed by atoms with Gasteiger partial charge in [-0.05, 0) is 44.7 Å². The van der Waals surface area contributed by atoms with Crippen molar-refractivity contribution in [2.45, 2.75) is 57.9 Å². The Balaban J connectivity index is 1.40. The maximum atomic E-state index is 13.2. The molecule has 1 N–H and O–H groups in total. The lowest BCUT2D eigenvalue weighted by atomic mass is 9.96. The van der Waals surface area contributed by atoms with E-state index in [9.17, 15) is 4.79 Å². The predicted octanol–water partition coefficient (Wildman–Crippen LogP) is 3.21. The second-order valence-electron chi connectivity index (χ2n) is 8.15. The van der Waals surface area contributed by atoms with E-state index in [1.54, 1.807) is 0 Å². The van der Waals surface area contributed by atoms with Crippen LogP contribution in [0.2, 0.25) is 0 Å². The van der Waals surface area contributed by atoms with Crippen molar-refractivity contribution in [3.63, 3.8) is 0 Å². The number of rotatable bonds is 2. The van der Waals surface area contributed by atoms with Gasteiger partial charge in [0, 0.05) is 37.4 Å². The number of nitrogens with zero attached hydrogens (tertiary/aromatic N) is 5. The van der Waals surface area contributed by atoms with Gasteiger partial charge in [-0.2, -0.15) is 5.10 Å². The lowest BCUT2D eigenvalue weighted by Gasteiger charge is -2.32. The predicted molar refractivity (Wildman–Crippen MR) is 106 cm³/mol. The van der Waals surface area contributed by atoms with Crippen LogP contribution in [0.4, 0.5) is 0 Å². The van der Waals surface area contributed by atoms with Crippen molar-refractivity contribution in [2.24, 2.45) is 0 Å². The smallest absolute Gasteiger partial charge is 0.275 e. The molecule has 0 aliphatic carbocycles. The number of amides is 1. The van der Waals surface area contributed by atoms with E-state index in [0.717, 1.165) is 60.5 Å². The summed E-state index contributed by atoms with van der Waals surface area (Å²) in [6.45, 7) is 4.51. The Bertz CT molecular complexity index is 1020. The maximum Gasteiger partial charge on any atom is 0.275 e. The minimum absolute atomic E-state index is 0.0113. The molecule has 0 saturated carbocycles. The van der Waals surface area contributed by atoms with Gasteiger partial charge in [0.1, 0.15) is 11.6 Å². The van der Waals surface area contributed by atoms with Gasteiger partial charge in [0.05, 0.1) is 5.52 Å². The summed E-state index contributed by atoms with van der Waals surface area (Å²) in [5.74, 6) is 2.45. The minimum atomic E-state index is 0.0113. The van der Waals surface area contributed by atoms with Gasteiger partial charge in [-0.3, -0.25) is 9.89 Å². The molecule has 0 radical (unpaired) electrons. The Labute approximate surface area is 164 Å². The molecular formula is C21H26N6O. The van der Waals surface area contributed by atoms with Gasteiger partial charge in [-0.1, -0.05) is 18.1 Å². The van der Waals surface area contributed by atoms with Crippen LogP contribution in [0.25, 0.3) is 10.9 Å². The first-order valence-corrected chi connectivity index (χ1v) is 10.4. The molecule has 2 aromatic heterocycles. The Kier molecular flexibility index (Phi) is 4.37. The molecule has 0 bridgehead atoms. The van der Waals surface area contributed by atoms with Crippen LogP contribution in [0.1, 0.15) is 65.7 Å². The fourth-order valence-electron chi connectivity index (χ4n) is 4.62. The second kappa shape index (κ2) is 7.04. The summed E-state index contributed by atoms with van der Waals surface area (Å²) in [6.07, 6.45) is 6.69. The zero-order valence-corrected chi connectivity index (χ0v) is 16.3. The van der Waals surface area contributed by atoms with Crippen LogP contribution in [0.3, 0.4) is 0 Å². The van der Waals surface area contributed by atoms with Gasteiger partial charge in [-0.25, -0.2) is 0 Å². The number of H-pyrrole nitrogens is 1. The molecule has 5 rings (SSSR count). The molecule has 1 atom stereocenters. The highest BCUT2D eigenvalue weighted by atomic mass is 16.2. The van der Waals surface area contributed by atoms with E-state index in [-0.39, 0.29) is 11.8 Å². The van der Waals surface area contributed by atoms with Crippen molar-refractivity contribution in [3.8, 4) is 0 Å². The van der Waals surface area contributed by atoms with Crippen molar-refractivity contribution in [1.29, 1.82) is 0 Å². The van der Waals surface area contributed by atoms with E-state index in [1.807, 2.05) is 30.0 Å². The second-order valence-corrected chi connectivity index (χ2v) is 8.15. The number of carbonyl (C=O) groups excluding carboxylic acids is 1. The monoisotopic (exact) mass is 378 g/mol. The molecule has 1 amide bonds. The number of aryl methyl sites for hydroxylation is 2. The fourth-order valence-corrected chi connectivity index (χ4v) is 4.62. The van der Waals surface area contributed by atoms with Crippen LogP contribution >= 0.6 is 0 Å². The molecule has 146 valence electrons. The first kappa shape index (κ1) is 17.4. The molecule has 1 unspecified atom stereocenters. The molecule has 2 aliphatic heterocycles. The lowest BCUT2D eigenvalue weighted by molar-refractivity contribution is 0.0699. The Morgan fingerprint density at radius 2 is 2.07 bits per heavy atom. The number of fused-ring (bicyclic) bond motifs is 2. The van der Waals surface area contributed by atoms with Gasteiger partial charge < -0.3 is 9.47 Å². The lowest BCUT2D eigenvalue weighted by Crippen LogP contribution is -2.40. The topological polar surface area (TPSA) is 79.7 Å². The van der Waals surface area contributed by atoms with Crippen molar-refractivity contribution in [3.05, 3.63) is 41.1 Å². The van der Waals surface area contributed by atoms with E-state index in [2.05, 4.69) is 25.0 Å². The zero-order chi connectivity index (χ0) is 19.1. The Hall–Kier alpha value is -2.70. The quantitative estimate of drug-likeness (QED) is 0.743. The summed E-state index contributed by atoms with van der Waals surface area (Å²) in [4.78, 5) is 15.2. The number of aromatic amines is 1. The highest BCUT2D eigenvalue weighted by Gasteiger charge is 2.31. The summed E-state index contributed by atoms with van der Waals surface area (Å²) in [7, 11) is 0. The number of hydrogen-bond donors (Lipinski definition) is 1. The van der Waals surface area contributed by atoms with Gasteiger partial charge in [0.25, 0.3) is 5.91 Å². The summed E-state index contributed by atoms with van der Waals surface area (Å²) in [5, 5.41) is 17.2. The fraction of sp³-hybridized carbons (Fsp3) is 0.524. The van der Waals surface area contributed by atoms with Crippen molar-refractivity contribution >= 4 is 16.8 Å². The van der Waals surface area contributed by atoms with E-state index < -0.39 is 0 Å². The maximum absolute atomic E-state index is 13.2. The highest BCUT2D eigenvalue weighted by molar-refractivity contribution is 6.04. The third kappa shape index (κ3) is 2.99. The SMILES string of the molecule is Cc1ccc2[nH]nc(C(=O)N3CCCC(c4nnc5n4CCCCC5)C3)c2c1. The average Bonchev–Trinajstić information content (AvgIpc) is 3.24. The largest absolute Gasteiger partial charge is 0.337 e. The number of carbonyl (C=O) groups is 1. The molecule has 4 heterocycles. The number of benzene rings is 1. The molecule has 2 aliphatic rings. The molecule has 0 spiro atoms. The van der Waals surface area contributed by atoms with Gasteiger partial charge >= 0.3 is 0 Å². The Morgan fingerprint density at radius 1 is 1.14 bits per heavy atom. The minimum Gasteiger partial charge on any atom is -0.337 e. The van der Waals surface area contributed by atoms with Crippen molar-refractivity contribution < 1.29 is 4.79 Å². The van der Waals surface area contributed by atoms with E-state index in [4.69, 9.17) is 0 Å². The van der Waals surface area contributed by atoms with E-state index in [1.165, 1.54) is 19.3 Å². The number of aromatic nitrogens is 5. The van der Waals surface area contributed by atoms with Crippen LogP contribution in [0, 0.1) is 6.92 Å². The van der Waals surface area contributed by atoms with Crippen LogP contribution in [0.15, 0.2) is 18.2 Å². The molecule has 3 aromatic rings. The number of piperidine rings is 1. The van der Waals surface area contributed by atoms with Gasteiger partial charge in [-0.15, -0.1) is 10.2 Å². The molecule has 1 saturated heterocycles. The van der Waals surface area contributed by atoms with Crippen LogP contribution in [0.5, 0.6) is 0 Å². The van der Waals surface area contributed by atoms with Gasteiger partial charge in [0.15, 0.2) is 5.69 Å². The van der Waals surface area contributed by atoms with E-state index in [0.29, 0.717) is 12.2 Å². The van der Waals surface area contributed by atoms with Crippen LogP contribution in [-0.4, -0.2) is 48.9 Å². The van der Waals surface area contributed by atoms with Crippen molar-refractivity contribution in [2.75, 3.05) is 13.1 Å². The van der Waals surface area contributed by atoms with Crippen LogP contribution in [-0.2, 0) is 13.0 Å². The standard InChI is InChI=1S/C21H26N6O/c1-14-8-9-17-16(12-14)19(24-22-17)21(28)26-10-5-6-15(13-26)20-25-23-18-7-3-2-4-11-27(18)20/h8-9,12,15H,2-7,10-11,13H2,1H3,(H,22,24). The summed E-state index contributed by atoms with van der Waals surface area (Å²) < 4.78 is 2.32. The van der Waals surface area contributed by atoms with Gasteiger partial charge in [0.2, 0.25) is 0 Å². The number of nitrogens with one attached hydrogen (secondary N) is 1. The molecule has 7 heteroatoms.